The molecule has 3 aromatic rings. The molecule has 0 radical (unpaired) electrons. The number of amides is 3. The first kappa shape index (κ1) is 25.3. The van der Waals surface area contributed by atoms with Crippen LogP contribution < -0.4 is 25.5 Å². The summed E-state index contributed by atoms with van der Waals surface area (Å²) < 4.78 is 16.0. The van der Waals surface area contributed by atoms with E-state index in [9.17, 15) is 14.4 Å². The first-order valence-electron chi connectivity index (χ1n) is 10.5. The zero-order chi connectivity index (χ0) is 25.0. The van der Waals surface area contributed by atoms with Gasteiger partial charge in [0.25, 0.3) is 5.91 Å². The van der Waals surface area contributed by atoms with E-state index < -0.39 is 11.8 Å². The lowest BCUT2D eigenvalue weighted by Crippen LogP contribution is -2.37. The first-order chi connectivity index (χ1) is 16.9. The quantitative estimate of drug-likeness (QED) is 0.223. The molecule has 3 amide bonds. The van der Waals surface area contributed by atoms with Gasteiger partial charge in [-0.15, -0.1) is 0 Å². The molecule has 2 aromatic carbocycles. The minimum absolute atomic E-state index is 0.0635. The summed E-state index contributed by atoms with van der Waals surface area (Å²) in [6, 6.07) is 14.9. The Morgan fingerprint density at radius 2 is 1.86 bits per heavy atom. The SMILES string of the molecule is CCOc1ccc(NC(=O)COc2ccc(Cl)cc2/C=N\NC(=O)C(=O)NCc2ccco2)cc1. The van der Waals surface area contributed by atoms with Crippen molar-refractivity contribution in [2.45, 2.75) is 13.5 Å². The molecule has 0 aliphatic carbocycles. The van der Waals surface area contributed by atoms with E-state index in [1.165, 1.54) is 18.5 Å². The fraction of sp³-hybridized carbons (Fsp3) is 0.167. The molecule has 10 nitrogen and oxygen atoms in total. The molecule has 0 aliphatic heterocycles. The van der Waals surface area contributed by atoms with Crippen LogP contribution in [0.25, 0.3) is 0 Å². The summed E-state index contributed by atoms with van der Waals surface area (Å²) in [6.45, 7) is 2.22. The molecule has 0 bridgehead atoms. The second-order valence-electron chi connectivity index (χ2n) is 6.94. The van der Waals surface area contributed by atoms with Gasteiger partial charge in [-0.05, 0) is 61.5 Å². The average molecular weight is 499 g/mol. The number of nitrogens with one attached hydrogen (secondary N) is 3. The third kappa shape index (κ3) is 8.20. The van der Waals surface area contributed by atoms with Crippen LogP contribution in [-0.4, -0.2) is 37.1 Å². The molecule has 1 heterocycles. The van der Waals surface area contributed by atoms with Gasteiger partial charge in [0.15, 0.2) is 6.61 Å². The molecule has 0 saturated carbocycles. The molecule has 0 saturated heterocycles. The highest BCUT2D eigenvalue weighted by molar-refractivity contribution is 6.35. The fourth-order valence-electron chi connectivity index (χ4n) is 2.77. The summed E-state index contributed by atoms with van der Waals surface area (Å²) in [5.41, 5.74) is 3.10. The van der Waals surface area contributed by atoms with E-state index in [-0.39, 0.29) is 19.1 Å². The fourth-order valence-corrected chi connectivity index (χ4v) is 2.95. The van der Waals surface area contributed by atoms with Crippen molar-refractivity contribution in [2.75, 3.05) is 18.5 Å². The van der Waals surface area contributed by atoms with Crippen LogP contribution in [0.4, 0.5) is 5.69 Å². The molecule has 35 heavy (non-hydrogen) atoms. The number of anilines is 1. The number of ether oxygens (including phenoxy) is 2. The molecule has 0 fully saturated rings. The first-order valence-corrected chi connectivity index (χ1v) is 10.9. The molecule has 0 aliphatic rings. The topological polar surface area (TPSA) is 131 Å². The Kier molecular flexibility index (Phi) is 9.26. The zero-order valence-corrected chi connectivity index (χ0v) is 19.5. The van der Waals surface area contributed by atoms with Crippen molar-refractivity contribution in [1.82, 2.24) is 10.7 Å². The van der Waals surface area contributed by atoms with Gasteiger partial charge in [0.1, 0.15) is 17.3 Å². The molecule has 0 atom stereocenters. The van der Waals surface area contributed by atoms with E-state index in [4.69, 9.17) is 25.5 Å². The summed E-state index contributed by atoms with van der Waals surface area (Å²) >= 11 is 6.04. The third-order valence-corrected chi connectivity index (χ3v) is 4.59. The number of carbonyl (C=O) groups excluding carboxylic acids is 3. The number of benzene rings is 2. The monoisotopic (exact) mass is 498 g/mol. The number of rotatable bonds is 10. The lowest BCUT2D eigenvalue weighted by atomic mass is 10.2. The Hall–Kier alpha value is -4.31. The predicted molar refractivity (Wildman–Crippen MR) is 129 cm³/mol. The van der Waals surface area contributed by atoms with Gasteiger partial charge in [0, 0.05) is 16.3 Å². The minimum Gasteiger partial charge on any atom is -0.494 e. The smallest absolute Gasteiger partial charge is 0.329 e. The van der Waals surface area contributed by atoms with Gasteiger partial charge in [-0.1, -0.05) is 11.6 Å². The van der Waals surface area contributed by atoms with Crippen LogP contribution in [0, 0.1) is 0 Å². The summed E-state index contributed by atoms with van der Waals surface area (Å²) in [7, 11) is 0. The van der Waals surface area contributed by atoms with Gasteiger partial charge in [-0.2, -0.15) is 5.10 Å². The van der Waals surface area contributed by atoms with Crippen LogP contribution in [0.2, 0.25) is 5.02 Å². The van der Waals surface area contributed by atoms with Crippen LogP contribution in [0.3, 0.4) is 0 Å². The summed E-state index contributed by atoms with van der Waals surface area (Å²) in [4.78, 5) is 36.0. The van der Waals surface area contributed by atoms with Crippen molar-refractivity contribution >= 4 is 41.2 Å². The number of hydrogen-bond donors (Lipinski definition) is 3. The van der Waals surface area contributed by atoms with Crippen molar-refractivity contribution < 1.29 is 28.3 Å². The Morgan fingerprint density at radius 1 is 1.06 bits per heavy atom. The van der Waals surface area contributed by atoms with Crippen LogP contribution in [0.1, 0.15) is 18.2 Å². The highest BCUT2D eigenvalue weighted by atomic mass is 35.5. The van der Waals surface area contributed by atoms with Gasteiger partial charge >= 0.3 is 11.8 Å². The van der Waals surface area contributed by atoms with Gasteiger partial charge in [-0.3, -0.25) is 14.4 Å². The lowest BCUT2D eigenvalue weighted by molar-refractivity contribution is -0.139. The van der Waals surface area contributed by atoms with E-state index in [1.54, 1.807) is 48.5 Å². The second kappa shape index (κ2) is 12.8. The van der Waals surface area contributed by atoms with Crippen LogP contribution in [-0.2, 0) is 20.9 Å². The van der Waals surface area contributed by atoms with Crippen LogP contribution in [0.5, 0.6) is 11.5 Å². The minimum atomic E-state index is -0.966. The number of nitrogens with zero attached hydrogens (tertiary/aromatic N) is 1. The van der Waals surface area contributed by atoms with Crippen molar-refractivity contribution in [1.29, 1.82) is 0 Å². The number of hydrazone groups is 1. The summed E-state index contributed by atoms with van der Waals surface area (Å²) in [5.74, 6) is -0.722. The molecular formula is C24H23ClN4O6. The maximum atomic E-state index is 12.3. The largest absolute Gasteiger partial charge is 0.494 e. The van der Waals surface area contributed by atoms with E-state index >= 15 is 0 Å². The van der Waals surface area contributed by atoms with Crippen LogP contribution >= 0.6 is 11.6 Å². The molecule has 182 valence electrons. The molecule has 0 spiro atoms. The number of carbonyl (C=O) groups is 3. The molecule has 11 heteroatoms. The Bertz CT molecular complexity index is 1180. The van der Waals surface area contributed by atoms with Crippen LogP contribution in [0.15, 0.2) is 70.4 Å². The van der Waals surface area contributed by atoms with E-state index in [2.05, 4.69) is 21.2 Å². The number of furan rings is 1. The summed E-state index contributed by atoms with van der Waals surface area (Å²) in [6.07, 6.45) is 2.71. The average Bonchev–Trinajstić information content (AvgIpc) is 3.37. The maximum absolute atomic E-state index is 12.3. The number of halogens is 1. The van der Waals surface area contributed by atoms with Gasteiger partial charge < -0.3 is 24.5 Å². The summed E-state index contributed by atoms with van der Waals surface area (Å²) in [5, 5.41) is 9.27. The van der Waals surface area contributed by atoms with Crippen molar-refractivity contribution in [3.63, 3.8) is 0 Å². The normalized spacial score (nSPS) is 10.6. The Morgan fingerprint density at radius 3 is 2.57 bits per heavy atom. The lowest BCUT2D eigenvalue weighted by Gasteiger charge is -2.10. The van der Waals surface area contributed by atoms with Crippen molar-refractivity contribution in [3.05, 3.63) is 77.2 Å². The van der Waals surface area contributed by atoms with Crippen molar-refractivity contribution in [2.24, 2.45) is 5.10 Å². The third-order valence-electron chi connectivity index (χ3n) is 4.36. The molecule has 3 N–H and O–H groups in total. The predicted octanol–water partition coefficient (Wildman–Crippen LogP) is 3.12. The Labute approximate surface area is 206 Å². The van der Waals surface area contributed by atoms with E-state index in [0.29, 0.717) is 40.1 Å². The molecular weight excluding hydrogens is 476 g/mol. The molecule has 0 unspecified atom stereocenters. The van der Waals surface area contributed by atoms with Gasteiger partial charge in [0.2, 0.25) is 0 Å². The standard InChI is InChI=1S/C24H23ClN4O6/c1-2-33-19-8-6-18(7-9-19)28-22(30)15-35-21-10-5-17(25)12-16(21)13-27-29-24(32)23(31)26-14-20-4-3-11-34-20/h3-13H,2,14-15H2,1H3,(H,26,31)(H,28,30)(H,29,32)/b27-13-. The zero-order valence-electron chi connectivity index (χ0n) is 18.7. The van der Waals surface area contributed by atoms with Gasteiger partial charge in [0.05, 0.1) is 25.6 Å². The highest BCUT2D eigenvalue weighted by Gasteiger charge is 2.13. The second-order valence-corrected chi connectivity index (χ2v) is 7.37. The van der Waals surface area contributed by atoms with Crippen molar-refractivity contribution in [3.8, 4) is 11.5 Å². The van der Waals surface area contributed by atoms with E-state index in [0.717, 1.165) is 0 Å². The Balaban J connectivity index is 1.52. The highest BCUT2D eigenvalue weighted by Crippen LogP contribution is 2.22. The molecule has 1 aromatic heterocycles. The molecule has 3 rings (SSSR count). The maximum Gasteiger partial charge on any atom is 0.329 e. The van der Waals surface area contributed by atoms with E-state index in [1.807, 2.05) is 6.92 Å². The number of hydrogen-bond acceptors (Lipinski definition) is 7. The van der Waals surface area contributed by atoms with Gasteiger partial charge in [-0.25, -0.2) is 5.43 Å².